The minimum absolute atomic E-state index is 0.351. The Labute approximate surface area is 74.9 Å². The summed E-state index contributed by atoms with van der Waals surface area (Å²) in [6, 6.07) is 0. The summed E-state index contributed by atoms with van der Waals surface area (Å²) in [7, 11) is 2.90. The number of rotatable bonds is 2. The molecule has 0 aromatic carbocycles. The van der Waals surface area contributed by atoms with Gasteiger partial charge in [-0.05, 0) is 6.92 Å². The van der Waals surface area contributed by atoms with Crippen molar-refractivity contribution in [3.8, 4) is 5.75 Å². The van der Waals surface area contributed by atoms with E-state index in [1.165, 1.54) is 18.4 Å². The zero-order valence-electron chi connectivity index (χ0n) is 7.21. The van der Waals surface area contributed by atoms with Crippen LogP contribution in [0.5, 0.6) is 5.75 Å². The molecule has 3 nitrogen and oxygen atoms in total. The molecule has 1 rings (SSSR count). The van der Waals surface area contributed by atoms with Crippen molar-refractivity contribution in [3.63, 3.8) is 0 Å². The van der Waals surface area contributed by atoms with E-state index in [1.807, 2.05) is 6.92 Å². The van der Waals surface area contributed by atoms with Crippen molar-refractivity contribution in [2.24, 2.45) is 0 Å². The first kappa shape index (κ1) is 9.06. The van der Waals surface area contributed by atoms with E-state index in [0.29, 0.717) is 11.3 Å². The molecular formula is C8H10O3S. The molecule has 0 aliphatic rings. The van der Waals surface area contributed by atoms with Crippen molar-refractivity contribution < 1.29 is 14.3 Å². The van der Waals surface area contributed by atoms with Gasteiger partial charge in [0.25, 0.3) is 0 Å². The molecule has 0 atom stereocenters. The van der Waals surface area contributed by atoms with Gasteiger partial charge in [-0.3, -0.25) is 0 Å². The molecule has 0 spiro atoms. The van der Waals surface area contributed by atoms with Gasteiger partial charge in [0, 0.05) is 10.3 Å². The molecule has 1 aromatic rings. The Morgan fingerprint density at radius 2 is 2.17 bits per heavy atom. The summed E-state index contributed by atoms with van der Waals surface area (Å²) in [6.45, 7) is 1.90. The average molecular weight is 186 g/mol. The number of hydrogen-bond acceptors (Lipinski definition) is 4. The van der Waals surface area contributed by atoms with Gasteiger partial charge in [-0.2, -0.15) is 0 Å². The van der Waals surface area contributed by atoms with E-state index in [1.54, 1.807) is 12.5 Å². The lowest BCUT2D eigenvalue weighted by Gasteiger charge is -2.01. The van der Waals surface area contributed by atoms with Gasteiger partial charge in [0.1, 0.15) is 11.3 Å². The maximum Gasteiger partial charge on any atom is 0.342 e. The van der Waals surface area contributed by atoms with Gasteiger partial charge >= 0.3 is 5.97 Å². The molecule has 1 heterocycles. The van der Waals surface area contributed by atoms with Crippen LogP contribution in [0.25, 0.3) is 0 Å². The van der Waals surface area contributed by atoms with E-state index in [-0.39, 0.29) is 5.97 Å². The van der Waals surface area contributed by atoms with E-state index < -0.39 is 0 Å². The first-order chi connectivity index (χ1) is 5.70. The van der Waals surface area contributed by atoms with Crippen molar-refractivity contribution in [1.82, 2.24) is 0 Å². The van der Waals surface area contributed by atoms with Crippen LogP contribution in [0.4, 0.5) is 0 Å². The van der Waals surface area contributed by atoms with Crippen LogP contribution >= 0.6 is 11.3 Å². The number of ether oxygens (including phenoxy) is 2. The minimum atomic E-state index is -0.351. The van der Waals surface area contributed by atoms with Crippen LogP contribution < -0.4 is 4.74 Å². The highest BCUT2D eigenvalue weighted by Crippen LogP contribution is 2.29. The predicted octanol–water partition coefficient (Wildman–Crippen LogP) is 1.85. The SMILES string of the molecule is COC(=O)c1csc(C)c1OC. The zero-order chi connectivity index (χ0) is 9.14. The Kier molecular flexibility index (Phi) is 2.70. The molecule has 0 unspecified atom stereocenters. The molecule has 4 heteroatoms. The Morgan fingerprint density at radius 1 is 1.50 bits per heavy atom. The molecule has 0 amide bonds. The quantitative estimate of drug-likeness (QED) is 0.661. The first-order valence-corrected chi connectivity index (χ1v) is 4.29. The summed E-state index contributed by atoms with van der Waals surface area (Å²) < 4.78 is 9.63. The van der Waals surface area contributed by atoms with Crippen LogP contribution in [0.1, 0.15) is 15.2 Å². The van der Waals surface area contributed by atoms with E-state index in [4.69, 9.17) is 4.74 Å². The molecule has 1 aromatic heterocycles. The highest BCUT2D eigenvalue weighted by molar-refractivity contribution is 7.10. The Morgan fingerprint density at radius 3 is 2.67 bits per heavy atom. The summed E-state index contributed by atoms with van der Waals surface area (Å²) in [5.41, 5.74) is 0.502. The molecule has 0 radical (unpaired) electrons. The maximum atomic E-state index is 11.1. The smallest absolute Gasteiger partial charge is 0.342 e. The third kappa shape index (κ3) is 1.43. The molecule has 0 saturated heterocycles. The fraction of sp³-hybridized carbons (Fsp3) is 0.375. The van der Waals surface area contributed by atoms with Gasteiger partial charge in [-0.15, -0.1) is 11.3 Å². The average Bonchev–Trinajstić information content (AvgIpc) is 2.45. The first-order valence-electron chi connectivity index (χ1n) is 3.41. The number of hydrogen-bond donors (Lipinski definition) is 0. The van der Waals surface area contributed by atoms with Gasteiger partial charge in [0.15, 0.2) is 0 Å². The van der Waals surface area contributed by atoms with E-state index in [0.717, 1.165) is 4.88 Å². The standard InChI is InChI=1S/C8H10O3S/c1-5-7(10-2)6(4-12-5)8(9)11-3/h4H,1-3H3. The van der Waals surface area contributed by atoms with Gasteiger partial charge < -0.3 is 9.47 Å². The number of aryl methyl sites for hydroxylation is 1. The molecule has 0 N–H and O–H groups in total. The highest BCUT2D eigenvalue weighted by atomic mass is 32.1. The lowest BCUT2D eigenvalue weighted by Crippen LogP contribution is -2.01. The molecule has 0 aliphatic heterocycles. The summed E-state index contributed by atoms with van der Waals surface area (Å²) >= 11 is 1.47. The molecule has 0 bridgehead atoms. The zero-order valence-corrected chi connectivity index (χ0v) is 8.03. The van der Waals surface area contributed by atoms with E-state index in [2.05, 4.69) is 4.74 Å². The van der Waals surface area contributed by atoms with Crippen LogP contribution in [0.3, 0.4) is 0 Å². The largest absolute Gasteiger partial charge is 0.495 e. The second kappa shape index (κ2) is 3.58. The second-order valence-electron chi connectivity index (χ2n) is 2.23. The van der Waals surface area contributed by atoms with Crippen molar-refractivity contribution in [2.75, 3.05) is 14.2 Å². The Balaban J connectivity index is 3.07. The lowest BCUT2D eigenvalue weighted by atomic mass is 10.3. The topological polar surface area (TPSA) is 35.5 Å². The van der Waals surface area contributed by atoms with Gasteiger partial charge in [0.2, 0.25) is 0 Å². The predicted molar refractivity (Wildman–Crippen MR) is 46.9 cm³/mol. The van der Waals surface area contributed by atoms with E-state index in [9.17, 15) is 4.79 Å². The van der Waals surface area contributed by atoms with Crippen molar-refractivity contribution in [2.45, 2.75) is 6.92 Å². The summed E-state index contributed by atoms with van der Waals surface area (Å²) in [5.74, 6) is 0.267. The number of esters is 1. The highest BCUT2D eigenvalue weighted by Gasteiger charge is 2.16. The normalized spacial score (nSPS) is 9.58. The molecule has 0 saturated carbocycles. The third-order valence-electron chi connectivity index (χ3n) is 1.53. The van der Waals surface area contributed by atoms with Crippen LogP contribution in [0, 0.1) is 6.92 Å². The number of thiophene rings is 1. The number of methoxy groups -OCH3 is 2. The molecule has 66 valence electrons. The van der Waals surface area contributed by atoms with Gasteiger partial charge in [0.05, 0.1) is 14.2 Å². The Hall–Kier alpha value is -1.03. The molecule has 0 fully saturated rings. The van der Waals surface area contributed by atoms with Crippen LogP contribution in [0.2, 0.25) is 0 Å². The summed E-state index contributed by atoms with van der Waals surface area (Å²) in [4.78, 5) is 12.1. The van der Waals surface area contributed by atoms with Crippen LogP contribution in [-0.4, -0.2) is 20.2 Å². The van der Waals surface area contributed by atoms with E-state index >= 15 is 0 Å². The van der Waals surface area contributed by atoms with Crippen molar-refractivity contribution in [3.05, 3.63) is 15.8 Å². The van der Waals surface area contributed by atoms with Crippen molar-refractivity contribution in [1.29, 1.82) is 0 Å². The Bertz CT molecular complexity index is 290. The molecular weight excluding hydrogens is 176 g/mol. The fourth-order valence-electron chi connectivity index (χ4n) is 0.948. The van der Waals surface area contributed by atoms with Crippen molar-refractivity contribution >= 4 is 17.3 Å². The maximum absolute atomic E-state index is 11.1. The van der Waals surface area contributed by atoms with Crippen LogP contribution in [-0.2, 0) is 4.74 Å². The number of carbonyl (C=O) groups excluding carboxylic acids is 1. The molecule has 12 heavy (non-hydrogen) atoms. The second-order valence-corrected chi connectivity index (χ2v) is 3.31. The monoisotopic (exact) mass is 186 g/mol. The van der Waals surface area contributed by atoms with Gasteiger partial charge in [-0.1, -0.05) is 0 Å². The lowest BCUT2D eigenvalue weighted by molar-refractivity contribution is 0.0598. The third-order valence-corrected chi connectivity index (χ3v) is 2.42. The minimum Gasteiger partial charge on any atom is -0.495 e. The fourth-order valence-corrected chi connectivity index (χ4v) is 1.75. The summed E-state index contributed by atoms with van der Waals surface area (Å²) in [6.07, 6.45) is 0. The number of carbonyl (C=O) groups is 1. The molecule has 0 aliphatic carbocycles. The van der Waals surface area contributed by atoms with Crippen LogP contribution in [0.15, 0.2) is 5.38 Å². The summed E-state index contributed by atoms with van der Waals surface area (Å²) in [5, 5.41) is 1.74. The van der Waals surface area contributed by atoms with Gasteiger partial charge in [-0.25, -0.2) is 4.79 Å².